The fourth-order valence-corrected chi connectivity index (χ4v) is 3.64. The van der Waals surface area contributed by atoms with Crippen molar-refractivity contribution in [3.63, 3.8) is 0 Å². The Balaban J connectivity index is 1.53. The van der Waals surface area contributed by atoms with Crippen LogP contribution in [0.4, 0.5) is 11.5 Å². The maximum absolute atomic E-state index is 6.05. The molecule has 0 radical (unpaired) electrons. The molecule has 0 saturated heterocycles. The van der Waals surface area contributed by atoms with Crippen LogP contribution in [0.3, 0.4) is 0 Å². The van der Waals surface area contributed by atoms with Crippen molar-refractivity contribution in [1.82, 2.24) is 19.7 Å². The Labute approximate surface area is 178 Å². The highest BCUT2D eigenvalue weighted by molar-refractivity contribution is 6.31. The Morgan fingerprint density at radius 2 is 1.70 bits per heavy atom. The van der Waals surface area contributed by atoms with Gasteiger partial charge in [-0.05, 0) is 43.3 Å². The van der Waals surface area contributed by atoms with Gasteiger partial charge in [0, 0.05) is 27.2 Å². The lowest BCUT2D eigenvalue weighted by Gasteiger charge is -2.10. The van der Waals surface area contributed by atoms with Crippen LogP contribution < -0.4 is 5.32 Å². The van der Waals surface area contributed by atoms with Crippen LogP contribution in [0.1, 0.15) is 12.6 Å². The van der Waals surface area contributed by atoms with E-state index in [1.165, 1.54) is 0 Å². The van der Waals surface area contributed by atoms with Crippen LogP contribution in [0.15, 0.2) is 84.2 Å². The molecule has 0 unspecified atom stereocenters. The SMILES string of the molecule is C/C(Cl)=C/c1nnc(Nc2ccc3c(c2)ncn3-c2ccccc2)c2ccccc12. The van der Waals surface area contributed by atoms with Gasteiger partial charge < -0.3 is 5.32 Å². The molecule has 0 fully saturated rings. The summed E-state index contributed by atoms with van der Waals surface area (Å²) < 4.78 is 2.07. The number of benzene rings is 3. The standard InChI is InChI=1S/C24H18ClN5/c1-16(25)13-21-19-9-5-6-10-20(19)24(29-28-21)27-17-11-12-23-22(14-17)26-15-30(23)18-7-3-2-4-8-18/h2-15H,1H3,(H,27,29)/b16-13-. The zero-order valence-corrected chi connectivity index (χ0v) is 17.0. The number of nitrogens with one attached hydrogen (secondary N) is 1. The van der Waals surface area contributed by atoms with E-state index in [1.807, 2.05) is 73.9 Å². The van der Waals surface area contributed by atoms with Gasteiger partial charge in [-0.25, -0.2) is 4.98 Å². The quantitative estimate of drug-likeness (QED) is 0.376. The molecule has 0 saturated carbocycles. The van der Waals surface area contributed by atoms with Gasteiger partial charge in [-0.3, -0.25) is 4.57 Å². The number of nitrogens with zero attached hydrogens (tertiary/aromatic N) is 4. The van der Waals surface area contributed by atoms with Crippen LogP contribution >= 0.6 is 11.6 Å². The Morgan fingerprint density at radius 1 is 0.933 bits per heavy atom. The number of hydrogen-bond acceptors (Lipinski definition) is 4. The number of halogens is 1. The third kappa shape index (κ3) is 3.40. The number of allylic oxidation sites excluding steroid dienone is 1. The second-order valence-electron chi connectivity index (χ2n) is 6.99. The van der Waals surface area contributed by atoms with Crippen molar-refractivity contribution in [2.75, 3.05) is 5.32 Å². The van der Waals surface area contributed by atoms with Crippen molar-refractivity contribution < 1.29 is 0 Å². The summed E-state index contributed by atoms with van der Waals surface area (Å²) in [6, 6.07) is 24.3. The lowest BCUT2D eigenvalue weighted by atomic mass is 10.1. The van der Waals surface area contributed by atoms with Gasteiger partial charge >= 0.3 is 0 Å². The van der Waals surface area contributed by atoms with E-state index in [-0.39, 0.29) is 0 Å². The summed E-state index contributed by atoms with van der Waals surface area (Å²) in [4.78, 5) is 4.57. The molecule has 0 aliphatic rings. The first-order valence-corrected chi connectivity index (χ1v) is 9.95. The van der Waals surface area contributed by atoms with Gasteiger partial charge in [0.2, 0.25) is 0 Å². The van der Waals surface area contributed by atoms with E-state index in [1.54, 1.807) is 0 Å². The smallest absolute Gasteiger partial charge is 0.161 e. The molecule has 0 aliphatic carbocycles. The normalized spacial score (nSPS) is 11.9. The summed E-state index contributed by atoms with van der Waals surface area (Å²) in [6.45, 7) is 1.83. The summed E-state index contributed by atoms with van der Waals surface area (Å²) in [5.41, 5.74) is 4.67. The van der Waals surface area contributed by atoms with Crippen molar-refractivity contribution in [2.24, 2.45) is 0 Å². The third-order valence-electron chi connectivity index (χ3n) is 4.90. The third-order valence-corrected chi connectivity index (χ3v) is 5.00. The summed E-state index contributed by atoms with van der Waals surface area (Å²) in [7, 11) is 0. The van der Waals surface area contributed by atoms with E-state index in [0.29, 0.717) is 10.9 Å². The molecule has 0 amide bonds. The zero-order chi connectivity index (χ0) is 20.5. The molecule has 2 aromatic heterocycles. The summed E-state index contributed by atoms with van der Waals surface area (Å²) in [5.74, 6) is 0.691. The summed E-state index contributed by atoms with van der Waals surface area (Å²) in [6.07, 6.45) is 3.66. The molecular weight excluding hydrogens is 394 g/mol. The largest absolute Gasteiger partial charge is 0.338 e. The molecule has 0 atom stereocenters. The minimum absolute atomic E-state index is 0.662. The predicted molar refractivity (Wildman–Crippen MR) is 123 cm³/mol. The summed E-state index contributed by atoms with van der Waals surface area (Å²) >= 11 is 6.05. The molecule has 1 N–H and O–H groups in total. The highest BCUT2D eigenvalue weighted by Gasteiger charge is 2.10. The first kappa shape index (κ1) is 18.3. The lowest BCUT2D eigenvalue weighted by molar-refractivity contribution is 1.04. The fourth-order valence-electron chi connectivity index (χ4n) is 3.53. The first-order chi connectivity index (χ1) is 14.7. The van der Waals surface area contributed by atoms with Crippen LogP contribution in [-0.2, 0) is 0 Å². The Hall–Kier alpha value is -3.70. The first-order valence-electron chi connectivity index (χ1n) is 9.58. The average Bonchev–Trinajstić information content (AvgIpc) is 3.19. The van der Waals surface area contributed by atoms with Crippen LogP contribution in [0.2, 0.25) is 0 Å². The minimum Gasteiger partial charge on any atom is -0.338 e. The second kappa shape index (κ2) is 7.61. The van der Waals surface area contributed by atoms with Gasteiger partial charge in [-0.15, -0.1) is 10.2 Å². The number of rotatable bonds is 4. The van der Waals surface area contributed by atoms with Crippen molar-refractivity contribution in [2.45, 2.75) is 6.92 Å². The highest BCUT2D eigenvalue weighted by Crippen LogP contribution is 2.28. The minimum atomic E-state index is 0.662. The molecule has 5 aromatic rings. The van der Waals surface area contributed by atoms with Crippen molar-refractivity contribution in [1.29, 1.82) is 0 Å². The van der Waals surface area contributed by atoms with Crippen molar-refractivity contribution >= 4 is 51.0 Å². The molecule has 3 aromatic carbocycles. The van der Waals surface area contributed by atoms with Crippen LogP contribution in [-0.4, -0.2) is 19.7 Å². The predicted octanol–water partition coefficient (Wildman–Crippen LogP) is 6.31. The van der Waals surface area contributed by atoms with Gasteiger partial charge in [-0.2, -0.15) is 0 Å². The topological polar surface area (TPSA) is 55.6 Å². The van der Waals surface area contributed by atoms with Crippen molar-refractivity contribution in [3.05, 3.63) is 89.8 Å². The number of para-hydroxylation sites is 1. The molecule has 2 heterocycles. The van der Waals surface area contributed by atoms with Crippen molar-refractivity contribution in [3.8, 4) is 5.69 Å². The average molecular weight is 412 g/mol. The number of hydrogen-bond donors (Lipinski definition) is 1. The van der Waals surface area contributed by atoms with E-state index in [2.05, 4.69) is 43.3 Å². The number of aromatic nitrogens is 4. The molecule has 0 aliphatic heterocycles. The molecule has 6 heteroatoms. The molecule has 5 nitrogen and oxygen atoms in total. The number of fused-ring (bicyclic) bond motifs is 2. The van der Waals surface area contributed by atoms with Gasteiger partial charge in [0.1, 0.15) is 6.33 Å². The zero-order valence-electron chi connectivity index (χ0n) is 16.2. The van der Waals surface area contributed by atoms with Gasteiger partial charge in [0.05, 0.1) is 16.7 Å². The monoisotopic (exact) mass is 411 g/mol. The Morgan fingerprint density at radius 3 is 2.50 bits per heavy atom. The number of anilines is 2. The van der Waals surface area contributed by atoms with Gasteiger partial charge in [0.15, 0.2) is 5.82 Å². The lowest BCUT2D eigenvalue weighted by Crippen LogP contribution is -1.99. The van der Waals surface area contributed by atoms with Crippen LogP contribution in [0.5, 0.6) is 0 Å². The molecule has 0 spiro atoms. The number of imidazole rings is 1. The van der Waals surface area contributed by atoms with Gasteiger partial charge in [0.25, 0.3) is 0 Å². The molecular formula is C24H18ClN5. The van der Waals surface area contributed by atoms with E-state index < -0.39 is 0 Å². The maximum atomic E-state index is 6.05. The van der Waals surface area contributed by atoms with E-state index >= 15 is 0 Å². The van der Waals surface area contributed by atoms with Crippen LogP contribution in [0.25, 0.3) is 33.6 Å². The highest BCUT2D eigenvalue weighted by atomic mass is 35.5. The van der Waals surface area contributed by atoms with Gasteiger partial charge in [-0.1, -0.05) is 54.1 Å². The molecule has 146 valence electrons. The van der Waals surface area contributed by atoms with E-state index in [4.69, 9.17) is 11.6 Å². The molecule has 30 heavy (non-hydrogen) atoms. The molecule has 5 rings (SSSR count). The Kier molecular flexibility index (Phi) is 4.65. The van der Waals surface area contributed by atoms with Crippen LogP contribution in [0, 0.1) is 0 Å². The maximum Gasteiger partial charge on any atom is 0.161 e. The van der Waals surface area contributed by atoms with E-state index in [0.717, 1.165) is 38.9 Å². The Bertz CT molecular complexity index is 1390. The summed E-state index contributed by atoms with van der Waals surface area (Å²) in [5, 5.41) is 14.8. The fraction of sp³-hybridized carbons (Fsp3) is 0.0417. The molecule has 0 bridgehead atoms. The van der Waals surface area contributed by atoms with E-state index in [9.17, 15) is 0 Å². The second-order valence-corrected chi connectivity index (χ2v) is 7.59.